The molecular weight excluding hydrogens is 242 g/mol. The molecule has 3 nitrogen and oxygen atoms in total. The second-order valence-electron chi connectivity index (χ2n) is 4.85. The zero-order chi connectivity index (χ0) is 12.8. The summed E-state index contributed by atoms with van der Waals surface area (Å²) in [6.45, 7) is 3.19. The first kappa shape index (κ1) is 13.6. The van der Waals surface area contributed by atoms with Crippen LogP contribution in [0.4, 0.5) is 0 Å². The molecule has 1 aromatic heterocycles. The first-order valence-corrected chi connectivity index (χ1v) is 7.81. The molecule has 0 bridgehead atoms. The summed E-state index contributed by atoms with van der Waals surface area (Å²) >= 11 is 1.80. The van der Waals surface area contributed by atoms with Crippen LogP contribution < -0.4 is 11.1 Å². The monoisotopic (exact) mass is 265 g/mol. The molecule has 0 saturated heterocycles. The van der Waals surface area contributed by atoms with Gasteiger partial charge in [0, 0.05) is 17.8 Å². The number of aryl methyl sites for hydroxylation is 1. The van der Waals surface area contributed by atoms with Gasteiger partial charge in [-0.15, -0.1) is 11.3 Å². The highest BCUT2D eigenvalue weighted by Gasteiger charge is 2.18. The van der Waals surface area contributed by atoms with Crippen LogP contribution in [0, 0.1) is 0 Å². The lowest BCUT2D eigenvalue weighted by Crippen LogP contribution is -2.32. The van der Waals surface area contributed by atoms with Crippen LogP contribution in [0.15, 0.2) is 16.4 Å². The topological polar surface area (TPSA) is 50.4 Å². The summed E-state index contributed by atoms with van der Waals surface area (Å²) in [6, 6.07) is 2.24. The lowest BCUT2D eigenvalue weighted by molar-refractivity contribution is 0.542. The summed E-state index contributed by atoms with van der Waals surface area (Å²) < 4.78 is 0. The van der Waals surface area contributed by atoms with Crippen LogP contribution in [0.25, 0.3) is 0 Å². The number of amidine groups is 1. The zero-order valence-electron chi connectivity index (χ0n) is 11.1. The third kappa shape index (κ3) is 3.56. The normalized spacial score (nSPS) is 19.8. The second kappa shape index (κ2) is 6.90. The van der Waals surface area contributed by atoms with Gasteiger partial charge in [-0.1, -0.05) is 26.2 Å². The van der Waals surface area contributed by atoms with Crippen molar-refractivity contribution in [3.05, 3.63) is 21.9 Å². The Morgan fingerprint density at radius 3 is 3.11 bits per heavy atom. The Hall–Kier alpha value is -0.870. The minimum atomic E-state index is 0.0972. The Morgan fingerprint density at radius 1 is 1.44 bits per heavy atom. The average Bonchev–Trinajstić information content (AvgIpc) is 2.83. The van der Waals surface area contributed by atoms with E-state index in [2.05, 4.69) is 28.7 Å². The van der Waals surface area contributed by atoms with Gasteiger partial charge in [0.2, 0.25) is 0 Å². The van der Waals surface area contributed by atoms with Crippen LogP contribution in [0.5, 0.6) is 0 Å². The van der Waals surface area contributed by atoms with Gasteiger partial charge in [0.25, 0.3) is 0 Å². The number of thiophene rings is 1. The fourth-order valence-electron chi connectivity index (χ4n) is 2.30. The van der Waals surface area contributed by atoms with Crippen LogP contribution in [0.1, 0.15) is 55.6 Å². The van der Waals surface area contributed by atoms with E-state index < -0.39 is 0 Å². The lowest BCUT2D eigenvalue weighted by Gasteiger charge is -2.20. The molecule has 0 saturated carbocycles. The third-order valence-corrected chi connectivity index (χ3v) is 4.35. The van der Waals surface area contributed by atoms with Gasteiger partial charge in [-0.05, 0) is 29.9 Å². The van der Waals surface area contributed by atoms with E-state index in [1.807, 2.05) is 0 Å². The van der Waals surface area contributed by atoms with E-state index in [4.69, 9.17) is 5.73 Å². The highest BCUT2D eigenvalue weighted by Crippen LogP contribution is 2.28. The van der Waals surface area contributed by atoms with Crippen molar-refractivity contribution >= 4 is 17.2 Å². The van der Waals surface area contributed by atoms with Crippen LogP contribution >= 0.6 is 11.3 Å². The highest BCUT2D eigenvalue weighted by molar-refractivity contribution is 7.10. The molecule has 0 fully saturated rings. The van der Waals surface area contributed by atoms with Crippen LogP contribution in [0.2, 0.25) is 0 Å². The Labute approximate surface area is 114 Å². The summed E-state index contributed by atoms with van der Waals surface area (Å²) in [4.78, 5) is 5.88. The standard InChI is InChI=1S/C14H23N3S/c1-2-3-4-5-6-11-8-10-18-13(11)14-16-9-7-12(15)17-14/h8,10,14,16H,2-7,9H2,1H3,(H2,15,17). The maximum absolute atomic E-state index is 5.84. The molecule has 2 heterocycles. The van der Waals surface area contributed by atoms with Crippen molar-refractivity contribution in [1.82, 2.24) is 5.32 Å². The quantitative estimate of drug-likeness (QED) is 0.776. The first-order chi connectivity index (χ1) is 8.81. The number of rotatable bonds is 6. The summed E-state index contributed by atoms with van der Waals surface area (Å²) in [6.07, 6.45) is 7.38. The van der Waals surface area contributed by atoms with E-state index in [1.165, 1.54) is 42.5 Å². The van der Waals surface area contributed by atoms with Gasteiger partial charge in [0.15, 0.2) is 0 Å². The van der Waals surface area contributed by atoms with Crippen molar-refractivity contribution in [3.63, 3.8) is 0 Å². The molecule has 3 N–H and O–H groups in total. The number of unbranched alkanes of at least 4 members (excludes halogenated alkanes) is 3. The summed E-state index contributed by atoms with van der Waals surface area (Å²) in [5.41, 5.74) is 7.29. The van der Waals surface area contributed by atoms with Crippen molar-refractivity contribution < 1.29 is 0 Å². The van der Waals surface area contributed by atoms with Gasteiger partial charge in [-0.25, -0.2) is 4.99 Å². The maximum atomic E-state index is 5.84. The number of hydrogen-bond donors (Lipinski definition) is 2. The van der Waals surface area contributed by atoms with E-state index in [0.29, 0.717) is 0 Å². The molecule has 1 aliphatic heterocycles. The molecule has 0 amide bonds. The van der Waals surface area contributed by atoms with E-state index in [0.717, 1.165) is 18.8 Å². The van der Waals surface area contributed by atoms with E-state index in [-0.39, 0.29) is 6.17 Å². The van der Waals surface area contributed by atoms with Gasteiger partial charge in [0.05, 0.1) is 5.84 Å². The largest absolute Gasteiger partial charge is 0.387 e. The molecule has 0 aromatic carbocycles. The molecule has 0 radical (unpaired) electrons. The van der Waals surface area contributed by atoms with Crippen LogP contribution in [0.3, 0.4) is 0 Å². The molecule has 1 aliphatic rings. The summed E-state index contributed by atoms with van der Waals surface area (Å²) in [5, 5.41) is 5.61. The van der Waals surface area contributed by atoms with Gasteiger partial charge in [-0.2, -0.15) is 0 Å². The minimum absolute atomic E-state index is 0.0972. The van der Waals surface area contributed by atoms with Crippen molar-refractivity contribution in [2.24, 2.45) is 10.7 Å². The number of hydrogen-bond acceptors (Lipinski definition) is 4. The van der Waals surface area contributed by atoms with Gasteiger partial charge in [-0.3, -0.25) is 5.32 Å². The molecule has 1 aromatic rings. The van der Waals surface area contributed by atoms with Crippen LogP contribution in [-0.4, -0.2) is 12.4 Å². The van der Waals surface area contributed by atoms with Gasteiger partial charge >= 0.3 is 0 Å². The Kier molecular flexibility index (Phi) is 5.20. The van der Waals surface area contributed by atoms with Gasteiger partial charge in [0.1, 0.15) is 6.17 Å². The van der Waals surface area contributed by atoms with Crippen molar-refractivity contribution in [2.75, 3.05) is 6.54 Å². The number of nitrogens with zero attached hydrogens (tertiary/aromatic N) is 1. The molecule has 1 atom stereocenters. The first-order valence-electron chi connectivity index (χ1n) is 6.93. The smallest absolute Gasteiger partial charge is 0.137 e. The Bertz CT molecular complexity index is 397. The Morgan fingerprint density at radius 2 is 2.33 bits per heavy atom. The highest BCUT2D eigenvalue weighted by atomic mass is 32.1. The van der Waals surface area contributed by atoms with Crippen molar-refractivity contribution in [2.45, 2.75) is 51.6 Å². The number of nitrogens with one attached hydrogen (secondary N) is 1. The van der Waals surface area contributed by atoms with Crippen molar-refractivity contribution in [3.8, 4) is 0 Å². The molecule has 0 spiro atoms. The average molecular weight is 265 g/mol. The molecular formula is C14H23N3S. The minimum Gasteiger partial charge on any atom is -0.387 e. The van der Waals surface area contributed by atoms with E-state index in [9.17, 15) is 0 Å². The maximum Gasteiger partial charge on any atom is 0.137 e. The third-order valence-electron chi connectivity index (χ3n) is 3.34. The summed E-state index contributed by atoms with van der Waals surface area (Å²) in [7, 11) is 0. The van der Waals surface area contributed by atoms with E-state index in [1.54, 1.807) is 11.3 Å². The molecule has 1 unspecified atom stereocenters. The number of aliphatic imine (C=N–C) groups is 1. The second-order valence-corrected chi connectivity index (χ2v) is 5.80. The molecule has 18 heavy (non-hydrogen) atoms. The molecule has 4 heteroatoms. The van der Waals surface area contributed by atoms with Crippen LogP contribution in [-0.2, 0) is 6.42 Å². The zero-order valence-corrected chi connectivity index (χ0v) is 11.9. The van der Waals surface area contributed by atoms with Crippen molar-refractivity contribution in [1.29, 1.82) is 0 Å². The lowest BCUT2D eigenvalue weighted by atomic mass is 10.1. The SMILES string of the molecule is CCCCCCc1ccsc1C1N=C(N)CCN1. The molecule has 100 valence electrons. The predicted octanol–water partition coefficient (Wildman–Crippen LogP) is 3.22. The van der Waals surface area contributed by atoms with E-state index >= 15 is 0 Å². The summed E-state index contributed by atoms with van der Waals surface area (Å²) in [5.74, 6) is 0.782. The fraction of sp³-hybridized carbons (Fsp3) is 0.643. The Balaban J connectivity index is 1.96. The van der Waals surface area contributed by atoms with Gasteiger partial charge < -0.3 is 5.73 Å². The molecule has 0 aliphatic carbocycles. The molecule has 2 rings (SSSR count). The fourth-order valence-corrected chi connectivity index (χ4v) is 3.27. The predicted molar refractivity (Wildman–Crippen MR) is 79.1 cm³/mol. The number of nitrogens with two attached hydrogens (primary N) is 1.